The number of alkyl halides is 2. The Balaban J connectivity index is 1.39. The second-order valence-electron chi connectivity index (χ2n) is 9.53. The lowest BCUT2D eigenvalue weighted by Gasteiger charge is -2.34. The molecule has 6 nitrogen and oxygen atoms in total. The molecule has 2 fully saturated rings. The number of carbonyl (C=O) groups is 1. The zero-order valence-electron chi connectivity index (χ0n) is 20.6. The number of rotatable bonds is 9. The molecule has 2 aromatic rings. The highest BCUT2D eigenvalue weighted by atomic mass is 19.3. The molecule has 1 atom stereocenters. The predicted molar refractivity (Wildman–Crippen MR) is 130 cm³/mol. The topological polar surface area (TPSA) is 64.6 Å². The molecule has 35 heavy (non-hydrogen) atoms. The number of aromatic nitrogens is 2. The van der Waals surface area contributed by atoms with Gasteiger partial charge < -0.3 is 14.4 Å². The quantitative estimate of drug-likeness (QED) is 0.415. The molecule has 2 aliphatic rings. The van der Waals surface area contributed by atoms with Crippen molar-refractivity contribution in [1.82, 2.24) is 9.97 Å². The lowest BCUT2D eigenvalue weighted by molar-refractivity contribution is 0.0924. The molecule has 0 unspecified atom stereocenters. The van der Waals surface area contributed by atoms with Gasteiger partial charge >= 0.3 is 0 Å². The molecule has 190 valence electrons. The average molecular weight is 488 g/mol. The fourth-order valence-electron chi connectivity index (χ4n) is 5.67. The number of nitrogens with zero attached hydrogens (tertiary/aromatic N) is 3. The van der Waals surface area contributed by atoms with Crippen LogP contribution in [-0.2, 0) is 4.74 Å². The number of morpholine rings is 1. The van der Waals surface area contributed by atoms with Crippen LogP contribution in [0.3, 0.4) is 0 Å². The Morgan fingerprint density at radius 2 is 1.86 bits per heavy atom. The minimum atomic E-state index is -2.62. The second kappa shape index (κ2) is 11.9. The standard InChI is InChI=1S/C27H35F2N3O3/c1-3-18(16-23(33)21-8-10-30-24(17-21)32-12-14-35-15-13-32)19-4-6-20(7-5-19)22-9-11-31-27(34-2)25(22)26(28)29/h8-11,17-20,26H,3-7,12-16H2,1-2H3/t18-,19?,20?/m1/s1. The number of anilines is 1. The number of halogens is 2. The molecule has 0 amide bonds. The van der Waals surface area contributed by atoms with Crippen LogP contribution < -0.4 is 9.64 Å². The molecule has 1 aliphatic carbocycles. The SMILES string of the molecule is CC[C@H](CC(=O)c1ccnc(N2CCOCC2)c1)C1CCC(c2ccnc(OC)c2C(F)F)CC1. The summed E-state index contributed by atoms with van der Waals surface area (Å²) in [5.74, 6) is 1.76. The summed E-state index contributed by atoms with van der Waals surface area (Å²) in [4.78, 5) is 23.8. The van der Waals surface area contributed by atoms with Crippen LogP contribution in [0, 0.1) is 11.8 Å². The van der Waals surface area contributed by atoms with Crippen molar-refractivity contribution in [2.24, 2.45) is 11.8 Å². The highest BCUT2D eigenvalue weighted by molar-refractivity contribution is 5.96. The molecule has 2 aromatic heterocycles. The summed E-state index contributed by atoms with van der Waals surface area (Å²) < 4.78 is 38.1. The highest BCUT2D eigenvalue weighted by Crippen LogP contribution is 2.44. The number of hydrogen-bond donors (Lipinski definition) is 0. The van der Waals surface area contributed by atoms with E-state index in [0.29, 0.717) is 36.7 Å². The van der Waals surface area contributed by atoms with Crippen LogP contribution in [0.2, 0.25) is 0 Å². The summed E-state index contributed by atoms with van der Waals surface area (Å²) >= 11 is 0. The van der Waals surface area contributed by atoms with E-state index in [1.54, 1.807) is 24.5 Å². The van der Waals surface area contributed by atoms with Crippen molar-refractivity contribution in [3.63, 3.8) is 0 Å². The van der Waals surface area contributed by atoms with Crippen LogP contribution >= 0.6 is 0 Å². The number of carbonyl (C=O) groups excluding carboxylic acids is 1. The maximum atomic E-state index is 13.8. The van der Waals surface area contributed by atoms with E-state index in [-0.39, 0.29) is 29.1 Å². The number of hydrogen-bond acceptors (Lipinski definition) is 6. The Bertz CT molecular complexity index is 989. The molecular formula is C27H35F2N3O3. The molecule has 0 bridgehead atoms. The lowest BCUT2D eigenvalue weighted by Crippen LogP contribution is -2.36. The average Bonchev–Trinajstić information content (AvgIpc) is 2.91. The van der Waals surface area contributed by atoms with Crippen molar-refractivity contribution in [1.29, 1.82) is 0 Å². The molecular weight excluding hydrogens is 452 g/mol. The van der Waals surface area contributed by atoms with Crippen molar-refractivity contribution in [2.75, 3.05) is 38.3 Å². The number of Topliss-reactive ketones (excluding diaryl/α,β-unsaturated/α-hetero) is 1. The van der Waals surface area contributed by atoms with E-state index in [1.807, 2.05) is 6.07 Å². The molecule has 0 spiro atoms. The Kier molecular flexibility index (Phi) is 8.65. The normalized spacial score (nSPS) is 21.7. The van der Waals surface area contributed by atoms with Crippen molar-refractivity contribution >= 4 is 11.6 Å². The minimum absolute atomic E-state index is 0.0189. The Morgan fingerprint density at radius 1 is 1.14 bits per heavy atom. The van der Waals surface area contributed by atoms with Crippen LogP contribution in [-0.4, -0.2) is 49.2 Å². The van der Waals surface area contributed by atoms with Crippen molar-refractivity contribution < 1.29 is 23.0 Å². The van der Waals surface area contributed by atoms with E-state index < -0.39 is 6.43 Å². The van der Waals surface area contributed by atoms with Crippen LogP contribution in [0.15, 0.2) is 30.6 Å². The molecule has 4 rings (SSSR count). The fraction of sp³-hybridized carbons (Fsp3) is 0.593. The van der Waals surface area contributed by atoms with Crippen molar-refractivity contribution in [3.8, 4) is 5.88 Å². The van der Waals surface area contributed by atoms with Crippen LogP contribution in [0.5, 0.6) is 5.88 Å². The van der Waals surface area contributed by atoms with Gasteiger partial charge in [0.25, 0.3) is 6.43 Å². The van der Waals surface area contributed by atoms with E-state index in [1.165, 1.54) is 7.11 Å². The summed E-state index contributed by atoms with van der Waals surface area (Å²) in [7, 11) is 1.38. The van der Waals surface area contributed by atoms with Crippen LogP contribution in [0.1, 0.15) is 79.3 Å². The first-order valence-corrected chi connectivity index (χ1v) is 12.6. The fourth-order valence-corrected chi connectivity index (χ4v) is 5.67. The summed E-state index contributed by atoms with van der Waals surface area (Å²) in [5.41, 5.74) is 1.29. The van der Waals surface area contributed by atoms with Crippen LogP contribution in [0.4, 0.5) is 14.6 Å². The summed E-state index contributed by atoms with van der Waals surface area (Å²) in [6.45, 7) is 5.04. The van der Waals surface area contributed by atoms with Gasteiger partial charge in [-0.25, -0.2) is 18.7 Å². The third-order valence-corrected chi connectivity index (χ3v) is 7.65. The zero-order valence-corrected chi connectivity index (χ0v) is 20.6. The van der Waals surface area contributed by atoms with E-state index in [9.17, 15) is 13.6 Å². The number of ketones is 1. The second-order valence-corrected chi connectivity index (χ2v) is 9.53. The van der Waals surface area contributed by atoms with E-state index in [0.717, 1.165) is 51.0 Å². The monoisotopic (exact) mass is 487 g/mol. The van der Waals surface area contributed by atoms with E-state index in [2.05, 4.69) is 21.8 Å². The smallest absolute Gasteiger partial charge is 0.269 e. The molecule has 3 heterocycles. The van der Waals surface area contributed by atoms with Gasteiger partial charge in [0.15, 0.2) is 5.78 Å². The largest absolute Gasteiger partial charge is 0.481 e. The maximum absolute atomic E-state index is 13.8. The molecule has 0 radical (unpaired) electrons. The number of ether oxygens (including phenoxy) is 2. The van der Waals surface area contributed by atoms with Crippen molar-refractivity contribution in [3.05, 3.63) is 47.3 Å². The Hall–Kier alpha value is -2.61. The van der Waals surface area contributed by atoms with E-state index in [4.69, 9.17) is 9.47 Å². The summed E-state index contributed by atoms with van der Waals surface area (Å²) in [5, 5.41) is 0. The zero-order chi connectivity index (χ0) is 24.8. The molecule has 1 saturated carbocycles. The predicted octanol–water partition coefficient (Wildman–Crippen LogP) is 5.83. The van der Waals surface area contributed by atoms with Gasteiger partial charge in [0.1, 0.15) is 5.82 Å². The third-order valence-electron chi connectivity index (χ3n) is 7.65. The van der Waals surface area contributed by atoms with Gasteiger partial charge in [0, 0.05) is 37.5 Å². The van der Waals surface area contributed by atoms with Gasteiger partial charge in [0.2, 0.25) is 5.88 Å². The lowest BCUT2D eigenvalue weighted by atomic mass is 9.71. The summed E-state index contributed by atoms with van der Waals surface area (Å²) in [6.07, 6.45) is 5.61. The summed E-state index contributed by atoms with van der Waals surface area (Å²) in [6, 6.07) is 5.42. The van der Waals surface area contributed by atoms with Gasteiger partial charge in [-0.15, -0.1) is 0 Å². The Labute approximate surface area is 206 Å². The van der Waals surface area contributed by atoms with Gasteiger partial charge in [-0.2, -0.15) is 0 Å². The highest BCUT2D eigenvalue weighted by Gasteiger charge is 2.32. The molecule has 1 saturated heterocycles. The molecule has 1 aliphatic heterocycles. The minimum Gasteiger partial charge on any atom is -0.481 e. The van der Waals surface area contributed by atoms with Gasteiger partial charge in [-0.05, 0) is 67.2 Å². The maximum Gasteiger partial charge on any atom is 0.269 e. The first-order chi connectivity index (χ1) is 17.0. The van der Waals surface area contributed by atoms with Gasteiger partial charge in [-0.3, -0.25) is 4.79 Å². The number of pyridine rings is 2. The van der Waals surface area contributed by atoms with Crippen molar-refractivity contribution in [2.45, 2.75) is 57.8 Å². The first-order valence-electron chi connectivity index (χ1n) is 12.6. The Morgan fingerprint density at radius 3 is 2.51 bits per heavy atom. The van der Waals surface area contributed by atoms with E-state index >= 15 is 0 Å². The molecule has 8 heteroatoms. The molecule has 0 aromatic carbocycles. The van der Waals surface area contributed by atoms with Gasteiger partial charge in [-0.1, -0.05) is 13.3 Å². The number of methoxy groups -OCH3 is 1. The third kappa shape index (κ3) is 5.97. The van der Waals surface area contributed by atoms with Gasteiger partial charge in [0.05, 0.1) is 25.9 Å². The van der Waals surface area contributed by atoms with Crippen LogP contribution in [0.25, 0.3) is 0 Å². The first kappa shape index (κ1) is 25.5. The molecule has 0 N–H and O–H groups in total.